The van der Waals surface area contributed by atoms with Crippen molar-refractivity contribution in [2.75, 3.05) is 13.2 Å². The number of esters is 1. The number of amides is 1. The Balaban J connectivity index is 2.45. The minimum absolute atomic E-state index is 0.0127. The monoisotopic (exact) mass is 269 g/mol. The van der Waals surface area contributed by atoms with Crippen LogP contribution in [-0.2, 0) is 14.3 Å². The first-order chi connectivity index (χ1) is 9.04. The number of para-hydroxylation sites is 1. The third-order valence-electron chi connectivity index (χ3n) is 2.22. The molecule has 0 saturated carbocycles. The Morgan fingerprint density at radius 2 is 2.05 bits per heavy atom. The molecule has 1 rings (SSSR count). The molecule has 6 heteroatoms. The molecule has 1 aromatic rings. The molecular formula is C13H16FNO4. The van der Waals surface area contributed by atoms with Crippen LogP contribution < -0.4 is 10.1 Å². The highest BCUT2D eigenvalue weighted by Crippen LogP contribution is 2.16. The van der Waals surface area contributed by atoms with Gasteiger partial charge < -0.3 is 14.8 Å². The zero-order valence-corrected chi connectivity index (χ0v) is 10.8. The Bertz CT molecular complexity index is 450. The number of halogens is 1. The summed E-state index contributed by atoms with van der Waals surface area (Å²) in [4.78, 5) is 22.6. The van der Waals surface area contributed by atoms with Gasteiger partial charge in [0.15, 0.2) is 17.7 Å². The zero-order valence-electron chi connectivity index (χ0n) is 10.8. The van der Waals surface area contributed by atoms with Crippen LogP contribution in [0.2, 0.25) is 0 Å². The minimum atomic E-state index is -0.911. The summed E-state index contributed by atoms with van der Waals surface area (Å²) in [5.74, 6) is -1.61. The molecule has 1 N–H and O–H groups in total. The fourth-order valence-electron chi connectivity index (χ4n) is 1.30. The van der Waals surface area contributed by atoms with Gasteiger partial charge >= 0.3 is 5.97 Å². The summed E-state index contributed by atoms with van der Waals surface area (Å²) < 4.78 is 23.1. The van der Waals surface area contributed by atoms with Crippen molar-refractivity contribution in [3.05, 3.63) is 30.1 Å². The first kappa shape index (κ1) is 14.9. The van der Waals surface area contributed by atoms with E-state index in [1.165, 1.54) is 25.1 Å². The van der Waals surface area contributed by atoms with E-state index in [2.05, 4.69) is 10.1 Å². The van der Waals surface area contributed by atoms with Gasteiger partial charge in [-0.25, -0.2) is 4.39 Å². The van der Waals surface area contributed by atoms with Crippen LogP contribution in [-0.4, -0.2) is 31.1 Å². The number of ether oxygens (including phenoxy) is 2. The molecule has 0 aliphatic carbocycles. The van der Waals surface area contributed by atoms with Crippen molar-refractivity contribution in [2.45, 2.75) is 20.0 Å². The Morgan fingerprint density at radius 1 is 1.37 bits per heavy atom. The first-order valence-electron chi connectivity index (χ1n) is 5.89. The van der Waals surface area contributed by atoms with Crippen molar-refractivity contribution >= 4 is 11.9 Å². The molecule has 0 spiro atoms. The fraction of sp³-hybridized carbons (Fsp3) is 0.385. The SMILES string of the molecule is CCOC(=O)CNC(=O)C(C)Oc1ccccc1F. The van der Waals surface area contributed by atoms with Gasteiger partial charge in [0.25, 0.3) is 5.91 Å². The predicted octanol–water partition coefficient (Wildman–Crippen LogP) is 1.27. The highest BCUT2D eigenvalue weighted by Gasteiger charge is 2.17. The van der Waals surface area contributed by atoms with E-state index in [0.717, 1.165) is 0 Å². The van der Waals surface area contributed by atoms with Gasteiger partial charge in [0.05, 0.1) is 6.61 Å². The van der Waals surface area contributed by atoms with Crippen molar-refractivity contribution in [1.29, 1.82) is 0 Å². The Hall–Kier alpha value is -2.11. The average Bonchev–Trinajstić information content (AvgIpc) is 2.39. The minimum Gasteiger partial charge on any atom is -0.478 e. The quantitative estimate of drug-likeness (QED) is 0.790. The summed E-state index contributed by atoms with van der Waals surface area (Å²) >= 11 is 0. The van der Waals surface area contributed by atoms with Crippen molar-refractivity contribution in [3.8, 4) is 5.75 Å². The van der Waals surface area contributed by atoms with Gasteiger partial charge in [-0.2, -0.15) is 0 Å². The van der Waals surface area contributed by atoms with Crippen molar-refractivity contribution in [2.24, 2.45) is 0 Å². The standard InChI is InChI=1S/C13H16FNO4/c1-3-18-12(16)8-15-13(17)9(2)19-11-7-5-4-6-10(11)14/h4-7,9H,3,8H2,1-2H3,(H,15,17). The van der Waals surface area contributed by atoms with E-state index in [9.17, 15) is 14.0 Å². The summed E-state index contributed by atoms with van der Waals surface area (Å²) in [7, 11) is 0. The molecule has 5 nitrogen and oxygen atoms in total. The number of benzene rings is 1. The van der Waals surface area contributed by atoms with Gasteiger partial charge in [-0.15, -0.1) is 0 Å². The second-order valence-corrected chi connectivity index (χ2v) is 3.71. The largest absolute Gasteiger partial charge is 0.478 e. The number of carbonyl (C=O) groups is 2. The van der Waals surface area contributed by atoms with Gasteiger partial charge in [-0.05, 0) is 26.0 Å². The van der Waals surface area contributed by atoms with E-state index >= 15 is 0 Å². The molecule has 0 radical (unpaired) electrons. The number of hydrogen-bond donors (Lipinski definition) is 1. The van der Waals surface area contributed by atoms with E-state index in [1.54, 1.807) is 13.0 Å². The van der Waals surface area contributed by atoms with Crippen LogP contribution in [0.1, 0.15) is 13.8 Å². The Morgan fingerprint density at radius 3 is 2.68 bits per heavy atom. The Labute approximate surface area is 110 Å². The van der Waals surface area contributed by atoms with Gasteiger partial charge in [0.2, 0.25) is 0 Å². The maximum Gasteiger partial charge on any atom is 0.325 e. The van der Waals surface area contributed by atoms with E-state index in [0.29, 0.717) is 0 Å². The third kappa shape index (κ3) is 4.95. The third-order valence-corrected chi connectivity index (χ3v) is 2.22. The average molecular weight is 269 g/mol. The van der Waals surface area contributed by atoms with Crippen LogP contribution in [0.5, 0.6) is 5.75 Å². The molecule has 1 amide bonds. The van der Waals surface area contributed by atoms with E-state index in [-0.39, 0.29) is 18.9 Å². The molecular weight excluding hydrogens is 253 g/mol. The summed E-state index contributed by atoms with van der Waals surface area (Å²) in [5.41, 5.74) is 0. The lowest BCUT2D eigenvalue weighted by Crippen LogP contribution is -2.39. The maximum atomic E-state index is 13.3. The summed E-state index contributed by atoms with van der Waals surface area (Å²) in [6.45, 7) is 3.14. The van der Waals surface area contributed by atoms with Crippen LogP contribution in [0.25, 0.3) is 0 Å². The number of carbonyl (C=O) groups excluding carboxylic acids is 2. The van der Waals surface area contributed by atoms with E-state index in [1.807, 2.05) is 0 Å². The zero-order chi connectivity index (χ0) is 14.3. The maximum absolute atomic E-state index is 13.3. The predicted molar refractivity (Wildman–Crippen MR) is 66.1 cm³/mol. The topological polar surface area (TPSA) is 64.6 Å². The first-order valence-corrected chi connectivity index (χ1v) is 5.89. The lowest BCUT2D eigenvalue weighted by Gasteiger charge is -2.14. The Kier molecular flexibility index (Phi) is 5.78. The van der Waals surface area contributed by atoms with Gasteiger partial charge in [-0.3, -0.25) is 9.59 Å². The van der Waals surface area contributed by atoms with Crippen LogP contribution in [0.3, 0.4) is 0 Å². The second kappa shape index (κ2) is 7.35. The molecule has 0 heterocycles. The molecule has 0 saturated heterocycles. The van der Waals surface area contributed by atoms with Gasteiger partial charge in [0.1, 0.15) is 6.54 Å². The lowest BCUT2D eigenvalue weighted by molar-refractivity contribution is -0.144. The molecule has 0 bridgehead atoms. The molecule has 104 valence electrons. The summed E-state index contributed by atoms with van der Waals surface area (Å²) in [6.07, 6.45) is -0.911. The van der Waals surface area contributed by atoms with Crippen molar-refractivity contribution < 1.29 is 23.5 Å². The van der Waals surface area contributed by atoms with E-state index < -0.39 is 23.8 Å². The molecule has 1 unspecified atom stereocenters. The molecule has 0 aliphatic heterocycles. The summed E-state index contributed by atoms with van der Waals surface area (Å²) in [5, 5.41) is 2.35. The molecule has 0 aromatic heterocycles. The number of hydrogen-bond acceptors (Lipinski definition) is 4. The molecule has 0 fully saturated rings. The smallest absolute Gasteiger partial charge is 0.325 e. The number of rotatable bonds is 6. The normalized spacial score (nSPS) is 11.5. The molecule has 19 heavy (non-hydrogen) atoms. The van der Waals surface area contributed by atoms with Crippen LogP contribution in [0, 0.1) is 5.82 Å². The second-order valence-electron chi connectivity index (χ2n) is 3.71. The van der Waals surface area contributed by atoms with Crippen molar-refractivity contribution in [1.82, 2.24) is 5.32 Å². The van der Waals surface area contributed by atoms with Crippen LogP contribution in [0.4, 0.5) is 4.39 Å². The molecule has 1 aromatic carbocycles. The van der Waals surface area contributed by atoms with Gasteiger partial charge in [-0.1, -0.05) is 12.1 Å². The molecule has 0 aliphatic rings. The molecule has 1 atom stereocenters. The highest BCUT2D eigenvalue weighted by molar-refractivity contribution is 5.84. The summed E-state index contributed by atoms with van der Waals surface area (Å²) in [6, 6.07) is 5.78. The van der Waals surface area contributed by atoms with Crippen molar-refractivity contribution in [3.63, 3.8) is 0 Å². The van der Waals surface area contributed by atoms with Crippen LogP contribution >= 0.6 is 0 Å². The fourth-order valence-corrected chi connectivity index (χ4v) is 1.30. The van der Waals surface area contributed by atoms with E-state index in [4.69, 9.17) is 4.74 Å². The lowest BCUT2D eigenvalue weighted by atomic mass is 10.3. The van der Waals surface area contributed by atoms with Crippen LogP contribution in [0.15, 0.2) is 24.3 Å². The van der Waals surface area contributed by atoms with Gasteiger partial charge in [0, 0.05) is 0 Å². The number of nitrogens with one attached hydrogen (secondary N) is 1. The highest BCUT2D eigenvalue weighted by atomic mass is 19.1.